The average Bonchev–Trinajstić information content (AvgIpc) is 3.13. The van der Waals surface area contributed by atoms with E-state index in [2.05, 4.69) is 21.2 Å². The maximum Gasteiger partial charge on any atom is 0.266 e. The number of benzene rings is 2. The number of hydrogen-bond acceptors (Lipinski definition) is 6. The summed E-state index contributed by atoms with van der Waals surface area (Å²) >= 11 is 3.41. The third-order valence-electron chi connectivity index (χ3n) is 3.81. The predicted molar refractivity (Wildman–Crippen MR) is 102 cm³/mol. The van der Waals surface area contributed by atoms with Crippen LogP contribution in [0.4, 0.5) is 5.69 Å². The first-order valence-corrected chi connectivity index (χ1v) is 8.59. The van der Waals surface area contributed by atoms with E-state index in [1.165, 1.54) is 20.3 Å². The number of hydrogen-bond donors (Lipinski definition) is 1. The van der Waals surface area contributed by atoms with Gasteiger partial charge in [-0.05, 0) is 35.9 Å². The predicted octanol–water partition coefficient (Wildman–Crippen LogP) is 3.74. The molecule has 1 amide bonds. The van der Waals surface area contributed by atoms with Gasteiger partial charge in [-0.2, -0.15) is 5.26 Å². The summed E-state index contributed by atoms with van der Waals surface area (Å²) < 4.78 is 21.7. The van der Waals surface area contributed by atoms with Crippen molar-refractivity contribution in [3.8, 4) is 29.1 Å². The van der Waals surface area contributed by atoms with E-state index in [4.69, 9.17) is 18.9 Å². The molecular formula is C19H15BrN2O5. The highest BCUT2D eigenvalue weighted by molar-refractivity contribution is 9.10. The molecule has 0 aliphatic carbocycles. The van der Waals surface area contributed by atoms with Crippen LogP contribution in [0.5, 0.6) is 23.0 Å². The zero-order valence-corrected chi connectivity index (χ0v) is 16.1. The molecule has 1 heterocycles. The fourth-order valence-corrected chi connectivity index (χ4v) is 2.88. The van der Waals surface area contributed by atoms with Crippen LogP contribution in [0.25, 0.3) is 6.08 Å². The normalized spacial score (nSPS) is 12.3. The zero-order chi connectivity index (χ0) is 19.4. The van der Waals surface area contributed by atoms with Gasteiger partial charge >= 0.3 is 0 Å². The lowest BCUT2D eigenvalue weighted by Crippen LogP contribution is -2.14. The smallest absolute Gasteiger partial charge is 0.266 e. The van der Waals surface area contributed by atoms with E-state index in [0.717, 1.165) is 0 Å². The van der Waals surface area contributed by atoms with Gasteiger partial charge in [0, 0.05) is 10.5 Å². The van der Waals surface area contributed by atoms with E-state index in [0.29, 0.717) is 38.7 Å². The molecule has 8 heteroatoms. The number of nitriles is 1. The van der Waals surface area contributed by atoms with Crippen molar-refractivity contribution in [1.82, 2.24) is 0 Å². The quantitative estimate of drug-likeness (QED) is 0.573. The molecule has 27 heavy (non-hydrogen) atoms. The number of nitrogens with one attached hydrogen (secondary N) is 1. The Hall–Kier alpha value is -3.18. The van der Waals surface area contributed by atoms with Crippen molar-refractivity contribution in [3.05, 3.63) is 45.9 Å². The maximum atomic E-state index is 12.6. The lowest BCUT2D eigenvalue weighted by Gasteiger charge is -2.11. The van der Waals surface area contributed by atoms with Crippen LogP contribution in [0.3, 0.4) is 0 Å². The van der Waals surface area contributed by atoms with E-state index in [-0.39, 0.29) is 12.4 Å². The van der Waals surface area contributed by atoms with Gasteiger partial charge < -0.3 is 24.3 Å². The Morgan fingerprint density at radius 3 is 2.63 bits per heavy atom. The van der Waals surface area contributed by atoms with Crippen molar-refractivity contribution in [2.24, 2.45) is 0 Å². The molecule has 1 aliphatic rings. The second-order valence-electron chi connectivity index (χ2n) is 5.42. The van der Waals surface area contributed by atoms with Gasteiger partial charge in [0.25, 0.3) is 5.91 Å². The lowest BCUT2D eigenvalue weighted by molar-refractivity contribution is -0.112. The number of halogens is 1. The molecule has 1 aliphatic heterocycles. The Kier molecular flexibility index (Phi) is 5.52. The Bertz CT molecular complexity index is 965. The fourth-order valence-electron chi connectivity index (χ4n) is 2.44. The monoisotopic (exact) mass is 430 g/mol. The lowest BCUT2D eigenvalue weighted by atomic mass is 10.1. The highest BCUT2D eigenvalue weighted by Gasteiger charge is 2.18. The molecule has 0 aromatic heterocycles. The van der Waals surface area contributed by atoms with E-state index in [9.17, 15) is 10.1 Å². The van der Waals surface area contributed by atoms with Crippen LogP contribution >= 0.6 is 15.9 Å². The van der Waals surface area contributed by atoms with Gasteiger partial charge in [-0.25, -0.2) is 0 Å². The molecular weight excluding hydrogens is 416 g/mol. The van der Waals surface area contributed by atoms with E-state index >= 15 is 0 Å². The molecule has 0 bridgehead atoms. The van der Waals surface area contributed by atoms with Crippen molar-refractivity contribution in [3.63, 3.8) is 0 Å². The summed E-state index contributed by atoms with van der Waals surface area (Å²) in [5.41, 5.74) is 0.967. The number of rotatable bonds is 5. The van der Waals surface area contributed by atoms with Crippen LogP contribution in [0.15, 0.2) is 40.4 Å². The number of fused-ring (bicyclic) bond motifs is 1. The summed E-state index contributed by atoms with van der Waals surface area (Å²) in [6, 6.07) is 10.3. The largest absolute Gasteiger partial charge is 0.497 e. The van der Waals surface area contributed by atoms with Crippen LogP contribution in [0.1, 0.15) is 5.56 Å². The number of anilines is 1. The summed E-state index contributed by atoms with van der Waals surface area (Å²) in [7, 11) is 3.02. The van der Waals surface area contributed by atoms with Crippen LogP contribution in [-0.2, 0) is 4.79 Å². The first kappa shape index (κ1) is 18.6. The van der Waals surface area contributed by atoms with Gasteiger partial charge in [-0.15, -0.1) is 0 Å². The molecule has 2 aromatic carbocycles. The van der Waals surface area contributed by atoms with Gasteiger partial charge in [0.1, 0.15) is 23.1 Å². The number of amides is 1. The van der Waals surface area contributed by atoms with Crippen molar-refractivity contribution >= 4 is 33.6 Å². The zero-order valence-electron chi connectivity index (χ0n) is 14.5. The second kappa shape index (κ2) is 8.01. The summed E-state index contributed by atoms with van der Waals surface area (Å²) in [4.78, 5) is 12.6. The molecule has 1 N–H and O–H groups in total. The molecule has 3 rings (SSSR count). The molecule has 0 atom stereocenters. The number of carbonyl (C=O) groups is 1. The molecule has 0 saturated carbocycles. The molecule has 0 unspecified atom stereocenters. The molecule has 0 spiro atoms. The third-order valence-corrected chi connectivity index (χ3v) is 4.50. The van der Waals surface area contributed by atoms with Crippen molar-refractivity contribution in [2.75, 3.05) is 26.3 Å². The van der Waals surface area contributed by atoms with Gasteiger partial charge in [-0.3, -0.25) is 4.79 Å². The Morgan fingerprint density at radius 2 is 1.96 bits per heavy atom. The molecule has 0 radical (unpaired) electrons. The number of ether oxygens (including phenoxy) is 4. The Labute approximate surface area is 164 Å². The molecule has 2 aromatic rings. The number of carbonyl (C=O) groups excluding carboxylic acids is 1. The van der Waals surface area contributed by atoms with Crippen molar-refractivity contribution in [2.45, 2.75) is 0 Å². The summed E-state index contributed by atoms with van der Waals surface area (Å²) in [6.45, 7) is 0.137. The van der Waals surface area contributed by atoms with E-state index in [1.54, 1.807) is 30.3 Å². The minimum absolute atomic E-state index is 0.0764. The number of nitrogens with zero attached hydrogens (tertiary/aromatic N) is 1. The standard InChI is InChI=1S/C19H15BrN2O5/c1-24-13-3-4-15(16(7-13)25-2)22-19(23)12(9-21)5-11-6-17-18(8-14(11)20)27-10-26-17/h3-8H,10H2,1-2H3,(H,22,23). The van der Waals surface area contributed by atoms with Crippen molar-refractivity contribution < 1.29 is 23.7 Å². The fraction of sp³-hybridized carbons (Fsp3) is 0.158. The summed E-state index contributed by atoms with van der Waals surface area (Å²) in [6.07, 6.45) is 1.47. The molecule has 0 saturated heterocycles. The van der Waals surface area contributed by atoms with Crippen LogP contribution in [-0.4, -0.2) is 26.9 Å². The minimum Gasteiger partial charge on any atom is -0.497 e. The first-order chi connectivity index (χ1) is 13.0. The SMILES string of the molecule is COc1ccc(NC(=O)C(C#N)=Cc2cc3c(cc2Br)OCO3)c(OC)c1. The highest BCUT2D eigenvalue weighted by atomic mass is 79.9. The maximum absolute atomic E-state index is 12.6. The van der Waals surface area contributed by atoms with Crippen molar-refractivity contribution in [1.29, 1.82) is 5.26 Å². The third kappa shape index (κ3) is 3.99. The highest BCUT2D eigenvalue weighted by Crippen LogP contribution is 2.37. The summed E-state index contributed by atoms with van der Waals surface area (Å²) in [5.74, 6) is 1.60. The molecule has 7 nitrogen and oxygen atoms in total. The molecule has 0 fully saturated rings. The van der Waals surface area contributed by atoms with Gasteiger partial charge in [0.05, 0.1) is 19.9 Å². The number of methoxy groups -OCH3 is 2. The minimum atomic E-state index is -0.564. The second-order valence-corrected chi connectivity index (χ2v) is 6.27. The average molecular weight is 431 g/mol. The topological polar surface area (TPSA) is 89.8 Å². The van der Waals surface area contributed by atoms with E-state index < -0.39 is 5.91 Å². The van der Waals surface area contributed by atoms with Gasteiger partial charge in [-0.1, -0.05) is 15.9 Å². The van der Waals surface area contributed by atoms with Gasteiger partial charge in [0.2, 0.25) is 6.79 Å². The summed E-state index contributed by atoms with van der Waals surface area (Å²) in [5, 5.41) is 12.1. The van der Waals surface area contributed by atoms with Crippen LogP contribution in [0.2, 0.25) is 0 Å². The van der Waals surface area contributed by atoms with Crippen LogP contribution < -0.4 is 24.3 Å². The van der Waals surface area contributed by atoms with E-state index in [1.807, 2.05) is 6.07 Å². The first-order valence-electron chi connectivity index (χ1n) is 7.80. The van der Waals surface area contributed by atoms with Gasteiger partial charge in [0.15, 0.2) is 11.5 Å². The Balaban J connectivity index is 1.87. The van der Waals surface area contributed by atoms with Crippen LogP contribution in [0, 0.1) is 11.3 Å². The Morgan fingerprint density at radius 1 is 1.22 bits per heavy atom. The molecule has 138 valence electrons.